The molecule has 0 aromatic rings. The third kappa shape index (κ3) is 3.75. The fraction of sp³-hybridized carbons (Fsp3) is 0.700. The molecular weight excluding hydrogens is 474 g/mol. The molecule has 3 rings (SSSR count). The molecule has 1 fully saturated rings. The molecule has 1 saturated heterocycles. The van der Waals surface area contributed by atoms with E-state index < -0.39 is 81.5 Å². The first kappa shape index (κ1) is 23.0. The number of rotatable bonds is 5. The van der Waals surface area contributed by atoms with Crippen LogP contribution in [0.4, 0.5) is 4.79 Å². The molecule has 0 aromatic heterocycles. The summed E-state index contributed by atoms with van der Waals surface area (Å²) in [5, 5.41) is 36.5. The molecule has 3 aliphatic heterocycles. The Balaban J connectivity index is 1.99. The molecule has 31 heavy (non-hydrogen) atoms. The average Bonchev–Trinajstić information content (AvgIpc) is 3.02. The van der Waals surface area contributed by atoms with Gasteiger partial charge in [0, 0.05) is 0 Å². The number of nitrogens with zero attached hydrogens (tertiary/aromatic N) is 3. The molecule has 0 aliphatic carbocycles. The number of carbonyl (C=O) groups is 1. The maximum absolute atomic E-state index is 12.6. The largest absolute Gasteiger partial charge is 0.744 e. The minimum Gasteiger partial charge on any atom is -0.744 e. The predicted molar refractivity (Wildman–Crippen MR) is 94.2 cm³/mol. The van der Waals surface area contributed by atoms with Crippen LogP contribution in [0.15, 0.2) is 4.99 Å². The Morgan fingerprint density at radius 3 is 2.52 bits per heavy atom. The number of nitrogens with two attached hydrogens (primary N) is 2. The first-order chi connectivity index (χ1) is 14.0. The van der Waals surface area contributed by atoms with Crippen LogP contribution in [0.1, 0.15) is 0 Å². The molecule has 1 amide bonds. The maximum atomic E-state index is 12.6. The van der Waals surface area contributed by atoms with E-state index in [0.29, 0.717) is 0 Å². The van der Waals surface area contributed by atoms with Crippen LogP contribution in [-0.4, -0.2) is 107 Å². The number of aliphatic hydroxyl groups is 2. The molecule has 1 spiro atoms. The molecular formula is C10H17N7O12S2. The van der Waals surface area contributed by atoms with Crippen LogP contribution in [0.25, 0.3) is 0 Å². The van der Waals surface area contributed by atoms with Gasteiger partial charge >= 0.3 is 32.8 Å². The molecule has 0 aromatic carbocycles. The number of hydrogen-bond donors (Lipinski definition) is 8. The summed E-state index contributed by atoms with van der Waals surface area (Å²) in [5.41, 5.74) is 9.04. The van der Waals surface area contributed by atoms with Gasteiger partial charge in [0.05, 0.1) is 0 Å². The zero-order chi connectivity index (χ0) is 23.6. The lowest BCUT2D eigenvalue weighted by atomic mass is 9.86. The van der Waals surface area contributed by atoms with Gasteiger partial charge in [0.1, 0.15) is 19.2 Å². The zero-order valence-electron chi connectivity index (χ0n) is 15.0. The summed E-state index contributed by atoms with van der Waals surface area (Å²) < 4.78 is 71.0. The van der Waals surface area contributed by atoms with Gasteiger partial charge in [-0.2, -0.15) is 21.6 Å². The number of carbonyl (C=O) groups excluding carboxylic acids is 1. The van der Waals surface area contributed by atoms with Crippen molar-refractivity contribution in [3.63, 3.8) is 0 Å². The van der Waals surface area contributed by atoms with Crippen molar-refractivity contribution < 1.29 is 54.6 Å². The van der Waals surface area contributed by atoms with E-state index in [0.717, 1.165) is 9.62 Å². The Morgan fingerprint density at radius 2 is 1.97 bits per heavy atom. The first-order valence-corrected chi connectivity index (χ1v) is 10.8. The Morgan fingerprint density at radius 1 is 1.35 bits per heavy atom. The number of hydrogen-bond acceptors (Lipinski definition) is 15. The predicted octanol–water partition coefficient (Wildman–Crippen LogP) is -6.11. The van der Waals surface area contributed by atoms with E-state index >= 15 is 0 Å². The second-order valence-corrected chi connectivity index (χ2v) is 8.83. The molecule has 0 radical (unpaired) electrons. The summed E-state index contributed by atoms with van der Waals surface area (Å²) in [7, 11) is -10.2. The van der Waals surface area contributed by atoms with E-state index in [1.807, 2.05) is 0 Å². The summed E-state index contributed by atoms with van der Waals surface area (Å²) in [6, 6.07) is -3.26. The quantitative estimate of drug-likeness (QED) is 0.0767. The molecule has 21 heteroatoms. The van der Waals surface area contributed by atoms with Gasteiger partial charge in [0.25, 0.3) is 5.79 Å². The van der Waals surface area contributed by atoms with Gasteiger partial charge in [0.2, 0.25) is 5.66 Å². The summed E-state index contributed by atoms with van der Waals surface area (Å²) in [4.78, 5) is 16.1. The van der Waals surface area contributed by atoms with Crippen molar-refractivity contribution >= 4 is 38.7 Å². The second-order valence-electron chi connectivity index (χ2n) is 6.63. The SMILES string of the molecule is NC1=N[C@H]2[C@H](COC(=O)NS(=O)(=O)O)[N+]([O-])=C(N)N3C[C@@H](OS(=O)(=O)O)C(O)(O)C23N1. The fourth-order valence-corrected chi connectivity index (χ4v) is 4.48. The van der Waals surface area contributed by atoms with Crippen LogP contribution in [0.3, 0.4) is 0 Å². The standard InChI is InChI=1S/C10H17N7O12S2/c11-6-13-5-3(2-28-8(18)15-30(22,23)24)17(21)7(12)16-1-4(29-31(25,26)27)10(19,20)9(5,16)14-6/h3-5,19-20H,1-2,12H2,(H,15,18)(H3,11,13,14)(H,22,23,24)(H,25,26,27)/t3-,4+,5-,9?/m0/s1. The van der Waals surface area contributed by atoms with Crippen LogP contribution in [-0.2, 0) is 29.6 Å². The highest BCUT2D eigenvalue weighted by Crippen LogP contribution is 2.45. The van der Waals surface area contributed by atoms with Crippen LogP contribution < -0.4 is 21.5 Å². The maximum Gasteiger partial charge on any atom is 0.422 e. The van der Waals surface area contributed by atoms with Crippen molar-refractivity contribution in [3.8, 4) is 0 Å². The highest BCUT2D eigenvalue weighted by molar-refractivity contribution is 7.84. The Hall–Kier alpha value is -2.69. The van der Waals surface area contributed by atoms with Crippen molar-refractivity contribution in [3.05, 3.63) is 5.21 Å². The molecule has 0 saturated carbocycles. The van der Waals surface area contributed by atoms with Crippen molar-refractivity contribution in [2.45, 2.75) is 29.6 Å². The highest BCUT2D eigenvalue weighted by atomic mass is 32.3. The third-order valence-corrected chi connectivity index (χ3v) is 5.71. The van der Waals surface area contributed by atoms with Gasteiger partial charge in [-0.25, -0.2) is 18.9 Å². The minimum atomic E-state index is -5.19. The van der Waals surface area contributed by atoms with E-state index in [2.05, 4.69) is 19.2 Å². The molecule has 3 heterocycles. The summed E-state index contributed by atoms with van der Waals surface area (Å²) in [6.45, 7) is -1.70. The first-order valence-electron chi connectivity index (χ1n) is 8.00. The van der Waals surface area contributed by atoms with Gasteiger partial charge in [0.15, 0.2) is 18.1 Å². The molecule has 176 valence electrons. The number of ether oxygens (including phenoxy) is 1. The lowest BCUT2D eigenvalue weighted by Crippen LogP contribution is -2.79. The lowest BCUT2D eigenvalue weighted by Gasteiger charge is -2.47. The average molecular weight is 491 g/mol. The molecule has 10 N–H and O–H groups in total. The Labute approximate surface area is 173 Å². The summed E-state index contributed by atoms with van der Waals surface area (Å²) in [6.07, 6.45) is -3.78. The van der Waals surface area contributed by atoms with Gasteiger partial charge in [-0.3, -0.25) is 19.6 Å². The number of nitrogens with one attached hydrogen (secondary N) is 2. The van der Waals surface area contributed by atoms with Crippen LogP contribution >= 0.6 is 0 Å². The molecule has 0 bridgehead atoms. The summed E-state index contributed by atoms with van der Waals surface area (Å²) >= 11 is 0. The van der Waals surface area contributed by atoms with E-state index in [-0.39, 0.29) is 4.74 Å². The second kappa shape index (κ2) is 6.91. The van der Waals surface area contributed by atoms with Crippen molar-refractivity contribution in [1.82, 2.24) is 14.9 Å². The van der Waals surface area contributed by atoms with Crippen LogP contribution in [0.2, 0.25) is 0 Å². The topological polar surface area (TPSA) is 302 Å². The number of aliphatic imine (C=N–C) groups is 1. The van der Waals surface area contributed by atoms with Crippen molar-refractivity contribution in [1.29, 1.82) is 0 Å². The number of hydroxylamine groups is 1. The van der Waals surface area contributed by atoms with Crippen LogP contribution in [0.5, 0.6) is 0 Å². The minimum absolute atomic E-state index is 0.0271. The Kier molecular flexibility index (Phi) is 5.12. The van der Waals surface area contributed by atoms with E-state index in [1.54, 1.807) is 0 Å². The van der Waals surface area contributed by atoms with Crippen LogP contribution in [0, 0.1) is 5.21 Å². The van der Waals surface area contributed by atoms with Gasteiger partial charge in [-0.1, -0.05) is 0 Å². The van der Waals surface area contributed by atoms with Crippen molar-refractivity contribution in [2.24, 2.45) is 16.5 Å². The van der Waals surface area contributed by atoms with E-state index in [1.165, 1.54) is 0 Å². The zero-order valence-corrected chi connectivity index (χ0v) is 16.6. The highest BCUT2D eigenvalue weighted by Gasteiger charge is 2.78. The molecule has 4 atom stereocenters. The number of amides is 1. The van der Waals surface area contributed by atoms with Gasteiger partial charge in [-0.05, 0) is 0 Å². The Bertz CT molecular complexity index is 1070. The van der Waals surface area contributed by atoms with E-state index in [9.17, 15) is 37.1 Å². The molecule has 19 nitrogen and oxygen atoms in total. The van der Waals surface area contributed by atoms with Gasteiger partial charge < -0.3 is 31.2 Å². The normalized spacial score (nSPS) is 32.1. The third-order valence-electron chi connectivity index (χ3n) is 4.81. The van der Waals surface area contributed by atoms with Gasteiger partial charge in [-0.15, -0.1) is 0 Å². The molecule has 3 aliphatic rings. The fourth-order valence-electron chi connectivity index (χ4n) is 3.72. The number of guanidine groups is 2. The smallest absolute Gasteiger partial charge is 0.422 e. The monoisotopic (exact) mass is 491 g/mol. The lowest BCUT2D eigenvalue weighted by molar-refractivity contribution is -0.529. The van der Waals surface area contributed by atoms with E-state index in [4.69, 9.17) is 20.6 Å². The summed E-state index contributed by atoms with van der Waals surface area (Å²) in [5.74, 6) is -4.41. The molecule has 1 unspecified atom stereocenters. The van der Waals surface area contributed by atoms with Crippen molar-refractivity contribution in [2.75, 3.05) is 13.2 Å².